The third-order valence-electron chi connectivity index (χ3n) is 8.90. The second-order valence-corrected chi connectivity index (χ2v) is 11.6. The highest BCUT2D eigenvalue weighted by atomic mass is 16.6. The Hall–Kier alpha value is -5.10. The molecule has 2 amide bonds. The molecule has 4 unspecified atom stereocenters. The molecule has 0 saturated carbocycles. The SMILES string of the molecule is CCCOc1ccc(C2NC(Cc3ccc4ccccc4c3)(C(=O)O)C3C(=O)N(CCn4c([N+](=O)[O-])cnc4C)C(=O)C23)cc1. The van der Waals surface area contributed by atoms with Crippen LogP contribution in [-0.4, -0.2) is 61.0 Å². The van der Waals surface area contributed by atoms with Gasteiger partial charge < -0.3 is 20.0 Å². The van der Waals surface area contributed by atoms with Gasteiger partial charge >= 0.3 is 11.8 Å². The fourth-order valence-electron chi connectivity index (χ4n) is 6.74. The van der Waals surface area contributed by atoms with Gasteiger partial charge in [-0.25, -0.2) is 9.55 Å². The van der Waals surface area contributed by atoms with E-state index in [0.29, 0.717) is 29.3 Å². The van der Waals surface area contributed by atoms with Crippen molar-refractivity contribution in [2.75, 3.05) is 13.2 Å². The van der Waals surface area contributed by atoms with Crippen molar-refractivity contribution in [1.29, 1.82) is 0 Å². The van der Waals surface area contributed by atoms with Crippen LogP contribution in [0.2, 0.25) is 0 Å². The second kappa shape index (κ2) is 11.8. The van der Waals surface area contributed by atoms with Crippen molar-refractivity contribution < 1.29 is 29.2 Å². The molecule has 45 heavy (non-hydrogen) atoms. The number of aromatic nitrogens is 2. The van der Waals surface area contributed by atoms with E-state index in [1.165, 1.54) is 4.57 Å². The van der Waals surface area contributed by atoms with Gasteiger partial charge in [-0.1, -0.05) is 61.5 Å². The van der Waals surface area contributed by atoms with Crippen molar-refractivity contribution in [2.45, 2.75) is 44.8 Å². The zero-order valence-corrected chi connectivity index (χ0v) is 24.9. The van der Waals surface area contributed by atoms with Gasteiger partial charge in [0.1, 0.15) is 24.0 Å². The number of benzene rings is 3. The molecule has 0 spiro atoms. The molecule has 3 heterocycles. The summed E-state index contributed by atoms with van der Waals surface area (Å²) in [6.45, 7) is 3.92. The number of nitrogens with zero attached hydrogens (tertiary/aromatic N) is 4. The van der Waals surface area contributed by atoms with Crippen LogP contribution in [0, 0.1) is 28.9 Å². The first-order valence-electron chi connectivity index (χ1n) is 14.9. The monoisotopic (exact) mass is 611 g/mol. The number of carboxylic acid groups (broad SMARTS) is 1. The fourth-order valence-corrected chi connectivity index (χ4v) is 6.74. The molecule has 0 bridgehead atoms. The number of likely N-dealkylation sites (tertiary alicyclic amines) is 1. The molecule has 2 saturated heterocycles. The maximum atomic E-state index is 14.2. The van der Waals surface area contributed by atoms with Crippen LogP contribution in [-0.2, 0) is 27.3 Å². The van der Waals surface area contributed by atoms with E-state index in [1.54, 1.807) is 31.2 Å². The van der Waals surface area contributed by atoms with Gasteiger partial charge in [-0.15, -0.1) is 0 Å². The molecule has 12 heteroatoms. The van der Waals surface area contributed by atoms with Crippen molar-refractivity contribution in [3.63, 3.8) is 0 Å². The molecule has 2 aliphatic rings. The lowest BCUT2D eigenvalue weighted by Gasteiger charge is -2.31. The smallest absolute Gasteiger partial charge is 0.342 e. The van der Waals surface area contributed by atoms with Gasteiger partial charge in [0.25, 0.3) is 0 Å². The Balaban J connectivity index is 1.38. The van der Waals surface area contributed by atoms with Crippen LogP contribution in [0.3, 0.4) is 0 Å². The number of imidazole rings is 1. The molecule has 4 aromatic rings. The first-order valence-corrected chi connectivity index (χ1v) is 14.9. The number of aliphatic carboxylic acids is 1. The molecule has 4 atom stereocenters. The van der Waals surface area contributed by atoms with Gasteiger partial charge in [0, 0.05) is 19.4 Å². The Morgan fingerprint density at radius 1 is 1.07 bits per heavy atom. The molecule has 3 aromatic carbocycles. The summed E-state index contributed by atoms with van der Waals surface area (Å²) in [4.78, 5) is 57.6. The summed E-state index contributed by atoms with van der Waals surface area (Å²) < 4.78 is 7.04. The topological polar surface area (TPSA) is 157 Å². The first-order chi connectivity index (χ1) is 21.6. The van der Waals surface area contributed by atoms with Crippen LogP contribution in [0.15, 0.2) is 72.9 Å². The molecule has 2 aliphatic heterocycles. The van der Waals surface area contributed by atoms with E-state index in [-0.39, 0.29) is 25.3 Å². The van der Waals surface area contributed by atoms with E-state index in [1.807, 2.05) is 49.4 Å². The number of fused-ring (bicyclic) bond motifs is 2. The van der Waals surface area contributed by atoms with E-state index < -0.39 is 46.1 Å². The molecule has 232 valence electrons. The minimum absolute atomic E-state index is 0.0402. The summed E-state index contributed by atoms with van der Waals surface area (Å²) in [5.41, 5.74) is -0.442. The fraction of sp³-hybridized carbons (Fsp3) is 0.333. The number of nitrogens with one attached hydrogen (secondary N) is 1. The highest BCUT2D eigenvalue weighted by Gasteiger charge is 2.68. The minimum atomic E-state index is -1.80. The third kappa shape index (κ3) is 5.20. The number of aryl methyl sites for hydroxylation is 1. The number of hydrogen-bond acceptors (Lipinski definition) is 8. The summed E-state index contributed by atoms with van der Waals surface area (Å²) in [5.74, 6) is -3.84. The van der Waals surface area contributed by atoms with Crippen molar-refractivity contribution in [1.82, 2.24) is 19.8 Å². The standard InChI is InChI=1S/C33H33N5O7/c1-3-16-45-25-12-10-23(11-13-25)29-27-28(31(40)37(30(27)39)15-14-36-20(2)34-19-26(36)38(43)44)33(35-29,32(41)42)18-21-8-9-22-6-4-5-7-24(22)17-21/h4-13,17,19,27-29,35H,3,14-16,18H2,1-2H3,(H,41,42). The number of hydrogen-bond donors (Lipinski definition) is 2. The third-order valence-corrected chi connectivity index (χ3v) is 8.90. The number of amides is 2. The van der Waals surface area contributed by atoms with Crippen LogP contribution in [0.5, 0.6) is 5.75 Å². The average Bonchev–Trinajstić information content (AvgIpc) is 3.66. The van der Waals surface area contributed by atoms with E-state index in [9.17, 15) is 29.6 Å². The molecule has 0 radical (unpaired) electrons. The van der Waals surface area contributed by atoms with E-state index >= 15 is 0 Å². The zero-order chi connectivity index (χ0) is 31.9. The van der Waals surface area contributed by atoms with Crippen LogP contribution in [0.1, 0.15) is 36.3 Å². The van der Waals surface area contributed by atoms with Gasteiger partial charge in [-0.05, 0) is 45.4 Å². The number of carbonyl (C=O) groups excluding carboxylic acids is 2. The summed E-state index contributed by atoms with van der Waals surface area (Å²) >= 11 is 0. The average molecular weight is 612 g/mol. The maximum Gasteiger partial charge on any atom is 0.342 e. The predicted octanol–water partition coefficient (Wildman–Crippen LogP) is 4.05. The number of rotatable bonds is 11. The first kappa shape index (κ1) is 29.9. The molecule has 2 N–H and O–H groups in total. The van der Waals surface area contributed by atoms with Crippen LogP contribution in [0.4, 0.5) is 5.82 Å². The number of ether oxygens (including phenoxy) is 1. The number of carbonyl (C=O) groups is 3. The Kier molecular flexibility index (Phi) is 7.83. The number of imide groups is 1. The largest absolute Gasteiger partial charge is 0.494 e. The summed E-state index contributed by atoms with van der Waals surface area (Å²) in [5, 5.41) is 27.5. The highest BCUT2D eigenvalue weighted by Crippen LogP contribution is 2.50. The Bertz CT molecular complexity index is 1800. The van der Waals surface area contributed by atoms with E-state index in [0.717, 1.165) is 28.3 Å². The second-order valence-electron chi connectivity index (χ2n) is 11.6. The molecule has 12 nitrogen and oxygen atoms in total. The minimum Gasteiger partial charge on any atom is -0.494 e. The van der Waals surface area contributed by atoms with Crippen LogP contribution < -0.4 is 10.1 Å². The molecule has 6 rings (SSSR count). The van der Waals surface area contributed by atoms with Gasteiger partial charge in [-0.3, -0.25) is 24.6 Å². The molecule has 2 fully saturated rings. The number of carboxylic acids is 1. The van der Waals surface area contributed by atoms with Gasteiger partial charge in [0.2, 0.25) is 11.8 Å². The zero-order valence-electron chi connectivity index (χ0n) is 24.9. The Labute approximate surface area is 258 Å². The summed E-state index contributed by atoms with van der Waals surface area (Å²) in [7, 11) is 0. The molecular formula is C33H33N5O7. The lowest BCUT2D eigenvalue weighted by Crippen LogP contribution is -2.57. The summed E-state index contributed by atoms with van der Waals surface area (Å²) in [6.07, 6.45) is 1.92. The quantitative estimate of drug-likeness (QED) is 0.145. The Morgan fingerprint density at radius 3 is 2.49 bits per heavy atom. The molecule has 1 aromatic heterocycles. The van der Waals surface area contributed by atoms with Gasteiger partial charge in [0.05, 0.1) is 25.0 Å². The van der Waals surface area contributed by atoms with Crippen molar-refractivity contribution in [3.05, 3.63) is 100.0 Å². The Morgan fingerprint density at radius 2 is 1.80 bits per heavy atom. The highest BCUT2D eigenvalue weighted by molar-refractivity contribution is 6.09. The van der Waals surface area contributed by atoms with Crippen molar-refractivity contribution in [3.8, 4) is 5.75 Å². The normalized spacial score (nSPS) is 22.6. The molecule has 0 aliphatic carbocycles. The predicted molar refractivity (Wildman–Crippen MR) is 163 cm³/mol. The van der Waals surface area contributed by atoms with Gasteiger partial charge in [0.15, 0.2) is 5.82 Å². The van der Waals surface area contributed by atoms with E-state index in [4.69, 9.17) is 4.74 Å². The van der Waals surface area contributed by atoms with Crippen molar-refractivity contribution in [2.24, 2.45) is 11.8 Å². The van der Waals surface area contributed by atoms with Crippen LogP contribution in [0.25, 0.3) is 10.8 Å². The lowest BCUT2D eigenvalue weighted by molar-refractivity contribution is -0.392. The molecular weight excluding hydrogens is 578 g/mol. The van der Waals surface area contributed by atoms with Gasteiger partial charge in [-0.2, -0.15) is 0 Å². The van der Waals surface area contributed by atoms with Crippen LogP contribution >= 0.6 is 0 Å². The van der Waals surface area contributed by atoms with E-state index in [2.05, 4.69) is 10.3 Å². The lowest BCUT2D eigenvalue weighted by atomic mass is 9.76. The number of nitro groups is 1. The maximum absolute atomic E-state index is 14.2. The summed E-state index contributed by atoms with van der Waals surface area (Å²) in [6, 6.07) is 19.7. The van der Waals surface area contributed by atoms with Crippen molar-refractivity contribution >= 4 is 34.4 Å².